The number of ketones is 1. The van der Waals surface area contributed by atoms with Crippen LogP contribution in [0, 0.1) is 0 Å². The van der Waals surface area contributed by atoms with Gasteiger partial charge in [-0.25, -0.2) is 4.79 Å². The molecule has 116 valence electrons. The Kier molecular flexibility index (Phi) is 4.93. The monoisotopic (exact) mass is 304 g/mol. The Hall–Kier alpha value is -2.63. The molecule has 1 atom stereocenters. The molecule has 0 fully saturated rings. The van der Waals surface area contributed by atoms with Crippen molar-refractivity contribution in [3.8, 4) is 0 Å². The van der Waals surface area contributed by atoms with Crippen molar-refractivity contribution >= 4 is 17.7 Å². The van der Waals surface area contributed by atoms with Gasteiger partial charge in [0.2, 0.25) is 0 Å². The summed E-state index contributed by atoms with van der Waals surface area (Å²) in [5.41, 5.74) is 0.326. The number of ether oxygens (including phenoxy) is 2. The third-order valence-electron chi connectivity index (χ3n) is 3.16. The Balaban J connectivity index is 2.11. The van der Waals surface area contributed by atoms with Crippen LogP contribution in [-0.4, -0.2) is 35.5 Å². The molecule has 0 aromatic heterocycles. The Morgan fingerprint density at radius 2 is 1.95 bits per heavy atom. The van der Waals surface area contributed by atoms with E-state index in [2.05, 4.69) is 0 Å². The first kappa shape index (κ1) is 15.8. The SMILES string of the molecule is CCOC(=O)CC1OC(=O)C(C(=O)Cc2ccccc2)=C1O. The van der Waals surface area contributed by atoms with E-state index in [4.69, 9.17) is 9.47 Å². The van der Waals surface area contributed by atoms with Crippen molar-refractivity contribution < 1.29 is 29.0 Å². The second-order valence-corrected chi connectivity index (χ2v) is 4.75. The second-order valence-electron chi connectivity index (χ2n) is 4.75. The molecule has 1 N–H and O–H groups in total. The summed E-state index contributed by atoms with van der Waals surface area (Å²) >= 11 is 0. The molecule has 1 unspecified atom stereocenters. The van der Waals surface area contributed by atoms with Gasteiger partial charge in [0.1, 0.15) is 5.57 Å². The van der Waals surface area contributed by atoms with Gasteiger partial charge in [0.25, 0.3) is 0 Å². The highest BCUT2D eigenvalue weighted by atomic mass is 16.6. The number of carbonyl (C=O) groups excluding carboxylic acids is 3. The maximum atomic E-state index is 12.2. The van der Waals surface area contributed by atoms with Gasteiger partial charge in [-0.1, -0.05) is 30.3 Å². The minimum atomic E-state index is -1.15. The molecule has 1 aromatic carbocycles. The lowest BCUT2D eigenvalue weighted by Gasteiger charge is -2.08. The number of rotatable bonds is 6. The van der Waals surface area contributed by atoms with Crippen molar-refractivity contribution in [1.82, 2.24) is 0 Å². The van der Waals surface area contributed by atoms with Crippen LogP contribution in [0.25, 0.3) is 0 Å². The lowest BCUT2D eigenvalue weighted by Crippen LogP contribution is -2.18. The summed E-state index contributed by atoms with van der Waals surface area (Å²) in [6.45, 7) is 1.83. The second kappa shape index (κ2) is 6.89. The van der Waals surface area contributed by atoms with Crippen LogP contribution < -0.4 is 0 Å². The van der Waals surface area contributed by atoms with E-state index in [9.17, 15) is 19.5 Å². The molecule has 1 heterocycles. The summed E-state index contributed by atoms with van der Waals surface area (Å²) in [6.07, 6.45) is -1.49. The quantitative estimate of drug-likeness (QED) is 0.632. The number of aliphatic hydroxyl groups excluding tert-OH is 1. The number of benzene rings is 1. The smallest absolute Gasteiger partial charge is 0.346 e. The predicted molar refractivity (Wildman–Crippen MR) is 75.9 cm³/mol. The number of carbonyl (C=O) groups is 3. The van der Waals surface area contributed by atoms with Crippen molar-refractivity contribution in [1.29, 1.82) is 0 Å². The summed E-state index contributed by atoms with van der Waals surface area (Å²) in [7, 11) is 0. The van der Waals surface area contributed by atoms with E-state index in [0.29, 0.717) is 0 Å². The van der Waals surface area contributed by atoms with Crippen LogP contribution in [0.4, 0.5) is 0 Å². The van der Waals surface area contributed by atoms with Crippen LogP contribution in [-0.2, 0) is 30.3 Å². The molecule has 0 radical (unpaired) electrons. The third kappa shape index (κ3) is 3.52. The van der Waals surface area contributed by atoms with Gasteiger partial charge >= 0.3 is 11.9 Å². The first-order valence-electron chi connectivity index (χ1n) is 6.89. The maximum Gasteiger partial charge on any atom is 0.346 e. The zero-order valence-corrected chi connectivity index (χ0v) is 12.1. The molecule has 0 amide bonds. The number of hydrogen-bond donors (Lipinski definition) is 1. The fourth-order valence-corrected chi connectivity index (χ4v) is 2.15. The average molecular weight is 304 g/mol. The van der Waals surface area contributed by atoms with E-state index in [1.807, 2.05) is 6.07 Å². The molecule has 0 bridgehead atoms. The molecule has 6 heteroatoms. The van der Waals surface area contributed by atoms with Gasteiger partial charge < -0.3 is 14.6 Å². The standard InChI is InChI=1S/C16H16O6/c1-2-21-13(18)9-12-15(19)14(16(20)22-12)11(17)8-10-6-4-3-5-7-10/h3-7,12,19H,2,8-9H2,1H3. The summed E-state index contributed by atoms with van der Waals surface area (Å²) in [6, 6.07) is 8.84. The molecule has 1 aliphatic rings. The zero-order chi connectivity index (χ0) is 16.1. The van der Waals surface area contributed by atoms with Gasteiger partial charge in [0.15, 0.2) is 17.6 Å². The van der Waals surface area contributed by atoms with Gasteiger partial charge in [-0.2, -0.15) is 0 Å². The van der Waals surface area contributed by atoms with E-state index < -0.39 is 35.2 Å². The lowest BCUT2D eigenvalue weighted by molar-refractivity contribution is -0.149. The summed E-state index contributed by atoms with van der Waals surface area (Å²) in [5, 5.41) is 9.99. The van der Waals surface area contributed by atoms with Crippen molar-refractivity contribution in [2.75, 3.05) is 6.61 Å². The third-order valence-corrected chi connectivity index (χ3v) is 3.16. The van der Waals surface area contributed by atoms with Gasteiger partial charge in [0, 0.05) is 6.42 Å². The number of hydrogen-bond acceptors (Lipinski definition) is 6. The highest BCUT2D eigenvalue weighted by Crippen LogP contribution is 2.25. The van der Waals surface area contributed by atoms with E-state index >= 15 is 0 Å². The van der Waals surface area contributed by atoms with Crippen LogP contribution in [0.3, 0.4) is 0 Å². The van der Waals surface area contributed by atoms with E-state index in [1.165, 1.54) is 0 Å². The highest BCUT2D eigenvalue weighted by molar-refractivity contribution is 6.19. The van der Waals surface area contributed by atoms with Crippen molar-refractivity contribution in [3.63, 3.8) is 0 Å². The Labute approximate surface area is 127 Å². The highest BCUT2D eigenvalue weighted by Gasteiger charge is 2.39. The Morgan fingerprint density at radius 3 is 2.59 bits per heavy atom. The molecular weight excluding hydrogens is 288 g/mol. The summed E-state index contributed by atoms with van der Waals surface area (Å²) in [5.74, 6) is -2.56. The summed E-state index contributed by atoms with van der Waals surface area (Å²) in [4.78, 5) is 35.3. The fraction of sp³-hybridized carbons (Fsp3) is 0.312. The van der Waals surface area contributed by atoms with Gasteiger partial charge in [-0.15, -0.1) is 0 Å². The Morgan fingerprint density at radius 1 is 1.27 bits per heavy atom. The maximum absolute atomic E-state index is 12.2. The minimum absolute atomic E-state index is 0.0263. The van der Waals surface area contributed by atoms with E-state index in [0.717, 1.165) is 5.56 Å². The van der Waals surface area contributed by atoms with E-state index in [-0.39, 0.29) is 19.4 Å². The molecule has 0 saturated heterocycles. The molecule has 6 nitrogen and oxygen atoms in total. The van der Waals surface area contributed by atoms with Gasteiger partial charge in [-0.05, 0) is 12.5 Å². The summed E-state index contributed by atoms with van der Waals surface area (Å²) < 4.78 is 9.61. The number of aliphatic hydroxyl groups is 1. The van der Waals surface area contributed by atoms with E-state index in [1.54, 1.807) is 31.2 Å². The fourth-order valence-electron chi connectivity index (χ4n) is 2.15. The van der Waals surface area contributed by atoms with Crippen LogP contribution in [0.5, 0.6) is 0 Å². The van der Waals surface area contributed by atoms with Gasteiger partial charge in [0.05, 0.1) is 13.0 Å². The van der Waals surface area contributed by atoms with Crippen LogP contribution in [0.15, 0.2) is 41.7 Å². The zero-order valence-electron chi connectivity index (χ0n) is 12.1. The average Bonchev–Trinajstić information content (AvgIpc) is 2.74. The first-order chi connectivity index (χ1) is 10.5. The van der Waals surface area contributed by atoms with Crippen molar-refractivity contribution in [2.24, 2.45) is 0 Å². The van der Waals surface area contributed by atoms with Gasteiger partial charge in [-0.3, -0.25) is 9.59 Å². The largest absolute Gasteiger partial charge is 0.507 e. The molecule has 22 heavy (non-hydrogen) atoms. The number of Topliss-reactive ketones (excluding diaryl/α,β-unsaturated/α-hetero) is 1. The van der Waals surface area contributed by atoms with Crippen LogP contribution in [0.2, 0.25) is 0 Å². The van der Waals surface area contributed by atoms with Crippen LogP contribution >= 0.6 is 0 Å². The predicted octanol–water partition coefficient (Wildman–Crippen LogP) is 1.49. The topological polar surface area (TPSA) is 89.9 Å². The molecule has 2 rings (SSSR count). The van der Waals surface area contributed by atoms with Crippen LogP contribution in [0.1, 0.15) is 18.9 Å². The van der Waals surface area contributed by atoms with Crippen molar-refractivity contribution in [2.45, 2.75) is 25.9 Å². The van der Waals surface area contributed by atoms with Crippen molar-refractivity contribution in [3.05, 3.63) is 47.2 Å². The molecule has 1 aromatic rings. The first-order valence-corrected chi connectivity index (χ1v) is 6.89. The molecule has 0 aliphatic carbocycles. The molecule has 0 saturated carbocycles. The minimum Gasteiger partial charge on any atom is -0.507 e. The molecular formula is C16H16O6. The Bertz CT molecular complexity index is 617. The number of cyclic esters (lactones) is 1. The molecule has 1 aliphatic heterocycles. The normalized spacial score (nSPS) is 17.3. The lowest BCUT2D eigenvalue weighted by atomic mass is 10.0. The molecule has 0 spiro atoms. The number of esters is 2.